The molecule has 1 N–H and O–H groups in total. The molecule has 2 aliphatic rings. The fourth-order valence-corrected chi connectivity index (χ4v) is 4.38. The number of aromatic nitrogens is 5. The highest BCUT2D eigenvalue weighted by Crippen LogP contribution is 2.42. The van der Waals surface area contributed by atoms with Gasteiger partial charge in [0.15, 0.2) is 0 Å². The summed E-state index contributed by atoms with van der Waals surface area (Å²) >= 11 is 0. The van der Waals surface area contributed by atoms with Crippen LogP contribution in [0.25, 0.3) is 11.5 Å². The molecule has 0 spiro atoms. The van der Waals surface area contributed by atoms with Gasteiger partial charge in [-0.2, -0.15) is 10.4 Å². The number of likely N-dealkylation sites (tertiary alicyclic amines) is 1. The summed E-state index contributed by atoms with van der Waals surface area (Å²) < 4.78 is 2.96. The standard InChI is InChI=1S/C18H17N7O2/c1-10-14(17(27)23-9-12-6-13(23)5-11(12)7-19)8-20-25(10)18-21-16(26)15-3-2-4-24(15)22-18/h2-4,8,11-13H,5-6,9H2,1H3,(H,21,22,26)/t11-,12?,13?/m1/s1. The van der Waals surface area contributed by atoms with Gasteiger partial charge >= 0.3 is 0 Å². The van der Waals surface area contributed by atoms with Gasteiger partial charge in [-0.1, -0.05) is 0 Å². The van der Waals surface area contributed by atoms with Crippen LogP contribution in [0.3, 0.4) is 0 Å². The second-order valence-electron chi connectivity index (χ2n) is 7.25. The number of carbonyl (C=O) groups excluding carboxylic acids is 1. The largest absolute Gasteiger partial charge is 0.335 e. The van der Waals surface area contributed by atoms with Gasteiger partial charge in [0, 0.05) is 18.8 Å². The van der Waals surface area contributed by atoms with E-state index < -0.39 is 0 Å². The van der Waals surface area contributed by atoms with Crippen LogP contribution in [0.15, 0.2) is 29.3 Å². The lowest BCUT2D eigenvalue weighted by Gasteiger charge is -2.28. The van der Waals surface area contributed by atoms with Gasteiger partial charge in [0.1, 0.15) is 5.52 Å². The normalized spacial score (nSPS) is 23.9. The first kappa shape index (κ1) is 15.8. The Morgan fingerprint density at radius 1 is 1.41 bits per heavy atom. The average Bonchev–Trinajstić information content (AvgIpc) is 3.43. The number of nitriles is 1. The highest BCUT2D eigenvalue weighted by atomic mass is 16.2. The number of hydrogen-bond donors (Lipinski definition) is 1. The summed E-state index contributed by atoms with van der Waals surface area (Å²) in [5, 5.41) is 17.8. The van der Waals surface area contributed by atoms with Crippen LogP contribution < -0.4 is 5.56 Å². The van der Waals surface area contributed by atoms with E-state index >= 15 is 0 Å². The van der Waals surface area contributed by atoms with Gasteiger partial charge in [-0.3, -0.25) is 14.6 Å². The van der Waals surface area contributed by atoms with E-state index in [4.69, 9.17) is 0 Å². The molecular weight excluding hydrogens is 346 g/mol. The molecule has 5 rings (SSSR count). The molecule has 1 aliphatic heterocycles. The lowest BCUT2D eigenvalue weighted by atomic mass is 9.96. The first-order valence-corrected chi connectivity index (χ1v) is 8.90. The summed E-state index contributed by atoms with van der Waals surface area (Å²) in [6.45, 7) is 2.41. The summed E-state index contributed by atoms with van der Waals surface area (Å²) in [4.78, 5) is 29.8. The molecule has 1 saturated carbocycles. The molecule has 4 heterocycles. The highest BCUT2D eigenvalue weighted by Gasteiger charge is 2.47. The van der Waals surface area contributed by atoms with Crippen LogP contribution >= 0.6 is 0 Å². The second-order valence-corrected chi connectivity index (χ2v) is 7.25. The number of nitrogens with zero attached hydrogens (tertiary/aromatic N) is 6. The van der Waals surface area contributed by atoms with Crippen molar-refractivity contribution < 1.29 is 4.79 Å². The number of amides is 1. The summed E-state index contributed by atoms with van der Waals surface area (Å²) in [5.41, 5.74) is 1.28. The van der Waals surface area contributed by atoms with E-state index in [0.29, 0.717) is 23.3 Å². The van der Waals surface area contributed by atoms with Crippen LogP contribution in [0, 0.1) is 30.1 Å². The van der Waals surface area contributed by atoms with E-state index in [1.54, 1.807) is 25.3 Å². The molecule has 136 valence electrons. The molecule has 0 aromatic carbocycles. The van der Waals surface area contributed by atoms with Crippen LogP contribution in [-0.4, -0.2) is 47.8 Å². The minimum absolute atomic E-state index is 0.0606. The number of rotatable bonds is 2. The molecule has 27 heavy (non-hydrogen) atoms. The first-order valence-electron chi connectivity index (χ1n) is 8.90. The number of piperidine rings is 1. The third kappa shape index (κ3) is 2.23. The molecular formula is C18H17N7O2. The second kappa shape index (κ2) is 5.54. The molecule has 3 aromatic heterocycles. The Bertz CT molecular complexity index is 1160. The van der Waals surface area contributed by atoms with Crippen LogP contribution in [0.2, 0.25) is 0 Å². The molecule has 1 saturated heterocycles. The maximum Gasteiger partial charge on any atom is 0.276 e. The predicted octanol–water partition coefficient (Wildman–Crippen LogP) is 0.891. The number of carbonyl (C=O) groups is 1. The zero-order valence-electron chi connectivity index (χ0n) is 14.7. The van der Waals surface area contributed by atoms with Crippen molar-refractivity contribution in [2.24, 2.45) is 11.8 Å². The number of nitrogens with one attached hydrogen (secondary N) is 1. The Morgan fingerprint density at radius 3 is 3.00 bits per heavy atom. The lowest BCUT2D eigenvalue weighted by molar-refractivity contribution is 0.0687. The molecule has 3 atom stereocenters. The van der Waals surface area contributed by atoms with Gasteiger partial charge in [-0.25, -0.2) is 9.20 Å². The Kier molecular flexibility index (Phi) is 3.25. The van der Waals surface area contributed by atoms with Gasteiger partial charge in [0.2, 0.25) is 5.95 Å². The third-order valence-corrected chi connectivity index (χ3v) is 5.80. The zero-order chi connectivity index (χ0) is 18.7. The van der Waals surface area contributed by atoms with E-state index in [1.165, 1.54) is 15.4 Å². The Labute approximate surface area is 153 Å². The van der Waals surface area contributed by atoms with E-state index in [9.17, 15) is 14.9 Å². The molecule has 2 bridgehead atoms. The monoisotopic (exact) mass is 363 g/mol. The SMILES string of the molecule is Cc1c(C(=O)N2CC3CC2C[C@@H]3C#N)cnn1-c1nn2cccc2c(=O)[nH]1. The smallest absolute Gasteiger partial charge is 0.276 e. The summed E-state index contributed by atoms with van der Waals surface area (Å²) in [6, 6.07) is 5.90. The van der Waals surface area contributed by atoms with Gasteiger partial charge in [0.25, 0.3) is 11.5 Å². The number of aromatic amines is 1. The minimum Gasteiger partial charge on any atom is -0.335 e. The number of H-pyrrole nitrogens is 1. The Hall–Kier alpha value is -3.41. The molecule has 3 aromatic rings. The van der Waals surface area contributed by atoms with Gasteiger partial charge in [0.05, 0.1) is 29.4 Å². The zero-order valence-corrected chi connectivity index (χ0v) is 14.7. The summed E-state index contributed by atoms with van der Waals surface area (Å²) in [7, 11) is 0. The molecule has 1 amide bonds. The molecule has 2 unspecified atom stereocenters. The Balaban J connectivity index is 1.48. The van der Waals surface area contributed by atoms with E-state index in [-0.39, 0.29) is 35.3 Å². The summed E-state index contributed by atoms with van der Waals surface area (Å²) in [5.74, 6) is 0.513. The van der Waals surface area contributed by atoms with Crippen molar-refractivity contribution in [2.45, 2.75) is 25.8 Å². The number of fused-ring (bicyclic) bond motifs is 3. The average molecular weight is 363 g/mol. The van der Waals surface area contributed by atoms with Crippen LogP contribution in [-0.2, 0) is 0 Å². The minimum atomic E-state index is -0.271. The topological polar surface area (TPSA) is 112 Å². The fourth-order valence-electron chi connectivity index (χ4n) is 4.38. The predicted molar refractivity (Wildman–Crippen MR) is 94.3 cm³/mol. The maximum atomic E-state index is 13.0. The van der Waals surface area contributed by atoms with Gasteiger partial charge in [-0.15, -0.1) is 5.10 Å². The highest BCUT2D eigenvalue weighted by molar-refractivity contribution is 5.95. The van der Waals surface area contributed by atoms with Crippen molar-refractivity contribution in [3.8, 4) is 12.0 Å². The van der Waals surface area contributed by atoms with Gasteiger partial charge in [-0.05, 0) is 37.8 Å². The van der Waals surface area contributed by atoms with Crippen LogP contribution in [0.4, 0.5) is 0 Å². The third-order valence-electron chi connectivity index (χ3n) is 5.80. The summed E-state index contributed by atoms with van der Waals surface area (Å²) in [6.07, 6.45) is 4.85. The van der Waals surface area contributed by atoms with Crippen molar-refractivity contribution in [2.75, 3.05) is 6.54 Å². The van der Waals surface area contributed by atoms with E-state index in [1.807, 2.05) is 4.90 Å². The van der Waals surface area contributed by atoms with Crippen LogP contribution in [0.5, 0.6) is 0 Å². The van der Waals surface area contributed by atoms with Crippen molar-refractivity contribution >= 4 is 11.4 Å². The molecule has 1 aliphatic carbocycles. The fraction of sp³-hybridized carbons (Fsp3) is 0.389. The number of hydrogen-bond acceptors (Lipinski definition) is 5. The van der Waals surface area contributed by atoms with Crippen molar-refractivity contribution in [1.82, 2.24) is 29.3 Å². The molecule has 2 fully saturated rings. The molecule has 9 nitrogen and oxygen atoms in total. The van der Waals surface area contributed by atoms with E-state index in [2.05, 4.69) is 21.3 Å². The lowest BCUT2D eigenvalue weighted by Crippen LogP contribution is -2.40. The quantitative estimate of drug-likeness (QED) is 0.727. The molecule has 0 radical (unpaired) electrons. The first-order chi connectivity index (χ1) is 13.1. The van der Waals surface area contributed by atoms with Crippen molar-refractivity contribution in [1.29, 1.82) is 5.26 Å². The Morgan fingerprint density at radius 2 is 2.26 bits per heavy atom. The van der Waals surface area contributed by atoms with Crippen LogP contribution in [0.1, 0.15) is 28.9 Å². The van der Waals surface area contributed by atoms with Crippen molar-refractivity contribution in [3.05, 3.63) is 46.1 Å². The van der Waals surface area contributed by atoms with E-state index in [0.717, 1.165) is 12.8 Å². The van der Waals surface area contributed by atoms with Crippen molar-refractivity contribution in [3.63, 3.8) is 0 Å². The van der Waals surface area contributed by atoms with Gasteiger partial charge < -0.3 is 4.90 Å². The maximum absolute atomic E-state index is 13.0. The molecule has 9 heteroatoms.